The molecule has 5 heteroatoms. The van der Waals surface area contributed by atoms with Crippen molar-refractivity contribution in [2.75, 3.05) is 7.11 Å². The molecule has 0 aromatic carbocycles. The number of halogens is 2. The van der Waals surface area contributed by atoms with Crippen LogP contribution in [0.4, 0.5) is 0 Å². The Labute approximate surface area is 100 Å². The van der Waals surface area contributed by atoms with Gasteiger partial charge in [0, 0.05) is 0 Å². The molecule has 0 aliphatic heterocycles. The molecule has 0 unspecified atom stereocenters. The van der Waals surface area contributed by atoms with E-state index in [-0.39, 0.29) is 5.54 Å². The zero-order valence-corrected chi connectivity index (χ0v) is 11.8. The smallest absolute Gasteiger partial charge is 0.227 e. The molecule has 0 atom stereocenters. The van der Waals surface area contributed by atoms with Crippen LogP contribution in [0.2, 0.25) is 0 Å². The van der Waals surface area contributed by atoms with Crippen molar-refractivity contribution in [3.8, 4) is 5.88 Å². The molecule has 0 radical (unpaired) electrons. The van der Waals surface area contributed by atoms with Gasteiger partial charge in [0.25, 0.3) is 0 Å². The molecule has 0 N–H and O–H groups in total. The van der Waals surface area contributed by atoms with Crippen LogP contribution in [0.25, 0.3) is 0 Å². The van der Waals surface area contributed by atoms with Gasteiger partial charge in [-0.3, -0.25) is 0 Å². The van der Waals surface area contributed by atoms with E-state index in [9.17, 15) is 0 Å². The second-order valence-corrected chi connectivity index (χ2v) is 5.53. The third-order valence-corrected chi connectivity index (χ3v) is 3.85. The van der Waals surface area contributed by atoms with Crippen LogP contribution >= 0.6 is 38.5 Å². The normalized spacial score (nSPS) is 11.8. The van der Waals surface area contributed by atoms with Crippen molar-refractivity contribution in [2.45, 2.75) is 26.3 Å². The van der Waals surface area contributed by atoms with Crippen LogP contribution < -0.4 is 4.74 Å². The molecule has 1 heterocycles. The summed E-state index contributed by atoms with van der Waals surface area (Å²) in [5.74, 6) is 0.806. The Bertz CT molecular complexity index is 317. The largest absolute Gasteiger partial charge is 0.480 e. The maximum absolute atomic E-state index is 5.29. The molecule has 1 aromatic rings. The maximum atomic E-state index is 5.29. The van der Waals surface area contributed by atoms with Gasteiger partial charge in [0.1, 0.15) is 8.17 Å². The molecule has 0 spiro atoms. The van der Waals surface area contributed by atoms with E-state index in [0.29, 0.717) is 0 Å². The van der Waals surface area contributed by atoms with E-state index in [1.807, 2.05) is 4.68 Å². The lowest BCUT2D eigenvalue weighted by molar-refractivity contribution is 0.280. The number of rotatable bonds is 1. The van der Waals surface area contributed by atoms with E-state index in [1.165, 1.54) is 0 Å². The summed E-state index contributed by atoms with van der Waals surface area (Å²) in [6.45, 7) is 6.26. The van der Waals surface area contributed by atoms with Crippen LogP contribution in [0, 0.1) is 3.57 Å². The number of methoxy groups -OCH3 is 1. The van der Waals surface area contributed by atoms with Crippen molar-refractivity contribution in [2.24, 2.45) is 0 Å². The predicted molar refractivity (Wildman–Crippen MR) is 64.2 cm³/mol. The van der Waals surface area contributed by atoms with E-state index in [4.69, 9.17) is 4.74 Å². The van der Waals surface area contributed by atoms with Crippen molar-refractivity contribution in [3.63, 3.8) is 0 Å². The summed E-state index contributed by atoms with van der Waals surface area (Å²) in [5.41, 5.74) is -0.0582. The Morgan fingerprint density at radius 3 is 2.31 bits per heavy atom. The zero-order chi connectivity index (χ0) is 10.2. The Hall–Kier alpha value is 0.220. The first kappa shape index (κ1) is 11.3. The second-order valence-electron chi connectivity index (χ2n) is 3.70. The first-order valence-corrected chi connectivity index (χ1v) is 5.73. The SMILES string of the molecule is COc1c(I)c(Br)nn1C(C)(C)C. The molecular formula is C8H12BrIN2O. The van der Waals surface area contributed by atoms with Gasteiger partial charge in [-0.1, -0.05) is 0 Å². The fourth-order valence-corrected chi connectivity index (χ4v) is 1.87. The van der Waals surface area contributed by atoms with Crippen molar-refractivity contribution >= 4 is 38.5 Å². The molecule has 0 bridgehead atoms. The summed E-state index contributed by atoms with van der Waals surface area (Å²) in [5, 5.41) is 4.35. The van der Waals surface area contributed by atoms with Gasteiger partial charge >= 0.3 is 0 Å². The molecule has 74 valence electrons. The lowest BCUT2D eigenvalue weighted by Gasteiger charge is -2.21. The first-order chi connectivity index (χ1) is 5.88. The fraction of sp³-hybridized carbons (Fsp3) is 0.625. The number of ether oxygens (including phenoxy) is 1. The number of hydrogen-bond donors (Lipinski definition) is 0. The van der Waals surface area contributed by atoms with Crippen LogP contribution in [0.5, 0.6) is 5.88 Å². The minimum absolute atomic E-state index is 0.0582. The van der Waals surface area contributed by atoms with Crippen LogP contribution in [-0.4, -0.2) is 16.9 Å². The predicted octanol–water partition coefficient (Wildman–Crippen LogP) is 3.01. The molecule has 0 aliphatic carbocycles. The lowest BCUT2D eigenvalue weighted by atomic mass is 10.1. The molecule has 0 saturated carbocycles. The van der Waals surface area contributed by atoms with E-state index in [0.717, 1.165) is 14.1 Å². The lowest BCUT2D eigenvalue weighted by Crippen LogP contribution is -2.23. The highest BCUT2D eigenvalue weighted by Gasteiger charge is 2.23. The molecule has 0 amide bonds. The van der Waals surface area contributed by atoms with Crippen LogP contribution in [0.3, 0.4) is 0 Å². The molecule has 0 fully saturated rings. The van der Waals surface area contributed by atoms with Crippen LogP contribution in [-0.2, 0) is 5.54 Å². The average Bonchev–Trinajstić information content (AvgIpc) is 2.28. The van der Waals surface area contributed by atoms with Gasteiger partial charge in [0.05, 0.1) is 12.6 Å². The van der Waals surface area contributed by atoms with Crippen molar-refractivity contribution in [1.29, 1.82) is 0 Å². The van der Waals surface area contributed by atoms with Crippen LogP contribution in [0.15, 0.2) is 4.60 Å². The molecule has 1 aromatic heterocycles. The van der Waals surface area contributed by atoms with Crippen molar-refractivity contribution < 1.29 is 4.74 Å². The number of aromatic nitrogens is 2. The summed E-state index contributed by atoms with van der Waals surface area (Å²) in [6.07, 6.45) is 0. The van der Waals surface area contributed by atoms with Gasteiger partial charge in [-0.25, -0.2) is 4.68 Å². The van der Waals surface area contributed by atoms with Gasteiger partial charge in [0.2, 0.25) is 5.88 Å². The van der Waals surface area contributed by atoms with Gasteiger partial charge in [-0.2, -0.15) is 5.10 Å². The number of nitrogens with zero attached hydrogens (tertiary/aromatic N) is 2. The first-order valence-electron chi connectivity index (χ1n) is 3.86. The van der Waals surface area contributed by atoms with Gasteiger partial charge in [-0.15, -0.1) is 0 Å². The van der Waals surface area contributed by atoms with Crippen molar-refractivity contribution in [3.05, 3.63) is 8.17 Å². The molecule has 1 rings (SSSR count). The monoisotopic (exact) mass is 358 g/mol. The maximum Gasteiger partial charge on any atom is 0.227 e. The van der Waals surface area contributed by atoms with E-state index >= 15 is 0 Å². The number of hydrogen-bond acceptors (Lipinski definition) is 2. The van der Waals surface area contributed by atoms with E-state index in [2.05, 4.69) is 64.4 Å². The standard InChI is InChI=1S/C8H12BrIN2O/c1-8(2,3)12-7(13-4)5(10)6(9)11-12/h1-4H3. The summed E-state index contributed by atoms with van der Waals surface area (Å²) < 4.78 is 9.00. The van der Waals surface area contributed by atoms with Crippen molar-refractivity contribution in [1.82, 2.24) is 9.78 Å². The Morgan fingerprint density at radius 2 is 2.00 bits per heavy atom. The van der Waals surface area contributed by atoms with Gasteiger partial charge < -0.3 is 4.74 Å². The zero-order valence-electron chi connectivity index (χ0n) is 8.06. The summed E-state index contributed by atoms with van der Waals surface area (Å²) in [4.78, 5) is 0. The van der Waals surface area contributed by atoms with E-state index in [1.54, 1.807) is 7.11 Å². The second kappa shape index (κ2) is 3.76. The summed E-state index contributed by atoms with van der Waals surface area (Å²) in [7, 11) is 1.66. The molecular weight excluding hydrogens is 347 g/mol. The third-order valence-electron chi connectivity index (χ3n) is 1.58. The summed E-state index contributed by atoms with van der Waals surface area (Å²) >= 11 is 5.59. The molecule has 0 saturated heterocycles. The Balaban J connectivity index is 3.30. The average molecular weight is 359 g/mol. The molecule has 3 nitrogen and oxygen atoms in total. The highest BCUT2D eigenvalue weighted by Crippen LogP contribution is 2.32. The highest BCUT2D eigenvalue weighted by atomic mass is 127. The minimum Gasteiger partial charge on any atom is -0.480 e. The molecule has 13 heavy (non-hydrogen) atoms. The van der Waals surface area contributed by atoms with Gasteiger partial charge in [-0.05, 0) is 59.3 Å². The topological polar surface area (TPSA) is 27.1 Å². The van der Waals surface area contributed by atoms with Crippen LogP contribution in [0.1, 0.15) is 20.8 Å². The summed E-state index contributed by atoms with van der Waals surface area (Å²) in [6, 6.07) is 0. The highest BCUT2D eigenvalue weighted by molar-refractivity contribution is 14.1. The molecule has 0 aliphatic rings. The minimum atomic E-state index is -0.0582. The third kappa shape index (κ3) is 2.18. The van der Waals surface area contributed by atoms with E-state index < -0.39 is 0 Å². The fourth-order valence-electron chi connectivity index (χ4n) is 0.989. The Kier molecular flexibility index (Phi) is 3.27. The Morgan fingerprint density at radius 1 is 1.46 bits per heavy atom. The van der Waals surface area contributed by atoms with Gasteiger partial charge in [0.15, 0.2) is 0 Å². The quantitative estimate of drug-likeness (QED) is 0.721.